The van der Waals surface area contributed by atoms with E-state index >= 15 is 0 Å². The number of aromatic nitrogens is 2. The molecule has 0 radical (unpaired) electrons. The largest absolute Gasteiger partial charge is 0.338 e. The van der Waals surface area contributed by atoms with E-state index in [1.165, 1.54) is 12.8 Å². The third kappa shape index (κ3) is 3.16. The number of hydrogen-bond acceptors (Lipinski definition) is 4. The van der Waals surface area contributed by atoms with Crippen LogP contribution in [0.4, 0.5) is 5.95 Å². The minimum Gasteiger partial charge on any atom is -0.338 e. The summed E-state index contributed by atoms with van der Waals surface area (Å²) in [6, 6.07) is 2.39. The zero-order valence-electron chi connectivity index (χ0n) is 11.0. The zero-order chi connectivity index (χ0) is 12.4. The molecular formula is C13H22N4. The molecule has 4 heteroatoms. The summed E-state index contributed by atoms with van der Waals surface area (Å²) in [5, 5.41) is 0. The molecule has 1 aromatic rings. The van der Waals surface area contributed by atoms with Gasteiger partial charge in [-0.05, 0) is 45.6 Å². The van der Waals surface area contributed by atoms with Gasteiger partial charge in [0.05, 0.1) is 5.69 Å². The van der Waals surface area contributed by atoms with E-state index in [0.717, 1.165) is 29.8 Å². The van der Waals surface area contributed by atoms with E-state index in [0.29, 0.717) is 12.6 Å². The van der Waals surface area contributed by atoms with Crippen LogP contribution < -0.4 is 10.6 Å². The Morgan fingerprint density at radius 3 is 2.65 bits per heavy atom. The third-order valence-electron chi connectivity index (χ3n) is 3.14. The van der Waals surface area contributed by atoms with Crippen LogP contribution in [0, 0.1) is 12.8 Å². The summed E-state index contributed by atoms with van der Waals surface area (Å²) in [6.07, 6.45) is 2.69. The van der Waals surface area contributed by atoms with Crippen molar-refractivity contribution in [3.8, 4) is 0 Å². The smallest absolute Gasteiger partial charge is 0.226 e. The van der Waals surface area contributed by atoms with Crippen molar-refractivity contribution < 1.29 is 0 Å². The molecular weight excluding hydrogens is 212 g/mol. The molecule has 0 aliphatic heterocycles. The molecule has 94 valence electrons. The van der Waals surface area contributed by atoms with Crippen molar-refractivity contribution in [2.45, 2.75) is 46.2 Å². The predicted molar refractivity (Wildman–Crippen MR) is 69.9 cm³/mol. The van der Waals surface area contributed by atoms with Crippen molar-refractivity contribution in [1.29, 1.82) is 0 Å². The lowest BCUT2D eigenvalue weighted by molar-refractivity contribution is 0.624. The Hall–Kier alpha value is -1.16. The second kappa shape index (κ2) is 5.00. The SMILES string of the molecule is Cc1cc(CN)nc(N(CC2CC2)C(C)C)n1. The fourth-order valence-electron chi connectivity index (χ4n) is 1.95. The Bertz CT molecular complexity index is 385. The number of nitrogens with zero attached hydrogens (tertiary/aromatic N) is 3. The first kappa shape index (κ1) is 12.3. The van der Waals surface area contributed by atoms with E-state index in [2.05, 4.69) is 28.7 Å². The Morgan fingerprint density at radius 1 is 1.41 bits per heavy atom. The number of rotatable bonds is 5. The molecule has 4 nitrogen and oxygen atoms in total. The molecule has 1 saturated carbocycles. The van der Waals surface area contributed by atoms with Crippen LogP contribution in [-0.4, -0.2) is 22.6 Å². The number of hydrogen-bond donors (Lipinski definition) is 1. The average molecular weight is 234 g/mol. The fourth-order valence-corrected chi connectivity index (χ4v) is 1.95. The lowest BCUT2D eigenvalue weighted by Crippen LogP contribution is -2.34. The van der Waals surface area contributed by atoms with Gasteiger partial charge in [0.1, 0.15) is 0 Å². The van der Waals surface area contributed by atoms with Crippen molar-refractivity contribution in [2.75, 3.05) is 11.4 Å². The first-order valence-corrected chi connectivity index (χ1v) is 6.41. The molecule has 1 aliphatic rings. The highest BCUT2D eigenvalue weighted by Crippen LogP contribution is 2.31. The van der Waals surface area contributed by atoms with Gasteiger partial charge in [0.2, 0.25) is 5.95 Å². The van der Waals surface area contributed by atoms with Crippen LogP contribution >= 0.6 is 0 Å². The molecule has 1 fully saturated rings. The minimum atomic E-state index is 0.433. The van der Waals surface area contributed by atoms with Crippen LogP contribution in [0.25, 0.3) is 0 Å². The average Bonchev–Trinajstić information content (AvgIpc) is 3.08. The standard InChI is InChI=1S/C13H22N4/c1-9(2)17(8-11-4-5-11)13-15-10(3)6-12(7-14)16-13/h6,9,11H,4-5,7-8,14H2,1-3H3. The van der Waals surface area contributed by atoms with Gasteiger partial charge in [-0.25, -0.2) is 9.97 Å². The molecule has 0 amide bonds. The lowest BCUT2D eigenvalue weighted by Gasteiger charge is -2.27. The molecule has 2 N–H and O–H groups in total. The van der Waals surface area contributed by atoms with Crippen LogP contribution in [-0.2, 0) is 6.54 Å². The maximum absolute atomic E-state index is 5.67. The van der Waals surface area contributed by atoms with Crippen LogP contribution in [0.3, 0.4) is 0 Å². The number of anilines is 1. The maximum Gasteiger partial charge on any atom is 0.226 e. The first-order chi connectivity index (χ1) is 8.10. The van der Waals surface area contributed by atoms with Crippen molar-refractivity contribution in [2.24, 2.45) is 11.7 Å². The summed E-state index contributed by atoms with van der Waals surface area (Å²) in [4.78, 5) is 11.4. The molecule has 0 aromatic carbocycles. The van der Waals surface area contributed by atoms with Gasteiger partial charge in [-0.3, -0.25) is 0 Å². The molecule has 0 atom stereocenters. The van der Waals surface area contributed by atoms with Crippen LogP contribution in [0.15, 0.2) is 6.07 Å². The van der Waals surface area contributed by atoms with E-state index in [4.69, 9.17) is 5.73 Å². The monoisotopic (exact) mass is 234 g/mol. The Kier molecular flexibility index (Phi) is 3.62. The topological polar surface area (TPSA) is 55.0 Å². The highest BCUT2D eigenvalue weighted by molar-refractivity contribution is 5.34. The predicted octanol–water partition coefficient (Wildman–Crippen LogP) is 1.87. The Labute approximate surface area is 103 Å². The van der Waals surface area contributed by atoms with Gasteiger partial charge in [-0.1, -0.05) is 0 Å². The molecule has 1 aromatic heterocycles. The van der Waals surface area contributed by atoms with Gasteiger partial charge in [0, 0.05) is 24.8 Å². The summed E-state index contributed by atoms with van der Waals surface area (Å²) < 4.78 is 0. The second-order valence-electron chi connectivity index (χ2n) is 5.19. The van der Waals surface area contributed by atoms with Crippen LogP contribution in [0.5, 0.6) is 0 Å². The van der Waals surface area contributed by atoms with Crippen molar-refractivity contribution in [1.82, 2.24) is 9.97 Å². The van der Waals surface area contributed by atoms with Crippen LogP contribution in [0.1, 0.15) is 38.1 Å². The van der Waals surface area contributed by atoms with E-state index in [9.17, 15) is 0 Å². The van der Waals surface area contributed by atoms with Crippen molar-refractivity contribution in [3.05, 3.63) is 17.5 Å². The first-order valence-electron chi connectivity index (χ1n) is 6.41. The summed E-state index contributed by atoms with van der Waals surface area (Å²) in [6.45, 7) is 7.93. The molecule has 1 aliphatic carbocycles. The quantitative estimate of drug-likeness (QED) is 0.845. The third-order valence-corrected chi connectivity index (χ3v) is 3.14. The van der Waals surface area contributed by atoms with E-state index in [-0.39, 0.29) is 0 Å². The van der Waals surface area contributed by atoms with E-state index < -0.39 is 0 Å². The highest BCUT2D eigenvalue weighted by Gasteiger charge is 2.27. The molecule has 0 spiro atoms. The number of aryl methyl sites for hydroxylation is 1. The molecule has 0 unspecified atom stereocenters. The summed E-state index contributed by atoms with van der Waals surface area (Å²) in [5.41, 5.74) is 7.59. The van der Waals surface area contributed by atoms with Gasteiger partial charge >= 0.3 is 0 Å². The summed E-state index contributed by atoms with van der Waals surface area (Å²) in [5.74, 6) is 1.68. The maximum atomic E-state index is 5.67. The normalized spacial score (nSPS) is 15.4. The van der Waals surface area contributed by atoms with E-state index in [1.54, 1.807) is 0 Å². The van der Waals surface area contributed by atoms with Crippen LogP contribution in [0.2, 0.25) is 0 Å². The molecule has 17 heavy (non-hydrogen) atoms. The minimum absolute atomic E-state index is 0.433. The Morgan fingerprint density at radius 2 is 2.12 bits per heavy atom. The van der Waals surface area contributed by atoms with Crippen molar-refractivity contribution in [3.63, 3.8) is 0 Å². The summed E-state index contributed by atoms with van der Waals surface area (Å²) in [7, 11) is 0. The van der Waals surface area contributed by atoms with Crippen molar-refractivity contribution >= 4 is 5.95 Å². The Balaban J connectivity index is 2.23. The molecule has 2 rings (SSSR count). The molecule has 1 heterocycles. The zero-order valence-corrected chi connectivity index (χ0v) is 11.0. The lowest BCUT2D eigenvalue weighted by atomic mass is 10.3. The van der Waals surface area contributed by atoms with Gasteiger partial charge in [0.15, 0.2) is 0 Å². The highest BCUT2D eigenvalue weighted by atomic mass is 15.3. The number of nitrogens with two attached hydrogens (primary N) is 1. The molecule has 0 saturated heterocycles. The van der Waals surface area contributed by atoms with Gasteiger partial charge in [0.25, 0.3) is 0 Å². The molecule has 0 bridgehead atoms. The van der Waals surface area contributed by atoms with Gasteiger partial charge < -0.3 is 10.6 Å². The fraction of sp³-hybridized carbons (Fsp3) is 0.692. The second-order valence-corrected chi connectivity index (χ2v) is 5.19. The van der Waals surface area contributed by atoms with E-state index in [1.807, 2.05) is 13.0 Å². The van der Waals surface area contributed by atoms with Gasteiger partial charge in [-0.2, -0.15) is 0 Å². The summed E-state index contributed by atoms with van der Waals surface area (Å²) >= 11 is 0. The van der Waals surface area contributed by atoms with Gasteiger partial charge in [-0.15, -0.1) is 0 Å².